The molecular weight excluding hydrogens is 687 g/mol. The molecule has 0 aliphatic carbocycles. The third-order valence-electron chi connectivity index (χ3n) is 10.7. The van der Waals surface area contributed by atoms with E-state index >= 15 is 0 Å². The van der Waals surface area contributed by atoms with Crippen molar-refractivity contribution in [2.45, 2.75) is 0 Å². The Balaban J connectivity index is 1.08. The van der Waals surface area contributed by atoms with Crippen LogP contribution in [0.5, 0.6) is 0 Å². The van der Waals surface area contributed by atoms with E-state index in [9.17, 15) is 0 Å². The van der Waals surface area contributed by atoms with Gasteiger partial charge in [-0.2, -0.15) is 0 Å². The molecule has 0 unspecified atom stereocenters. The van der Waals surface area contributed by atoms with Crippen LogP contribution in [0.15, 0.2) is 188 Å². The largest absolute Gasteiger partial charge is 0.208 e. The van der Waals surface area contributed by atoms with Gasteiger partial charge in [0.1, 0.15) is 0 Å². The highest BCUT2D eigenvalue weighted by molar-refractivity contribution is 7.26. The molecule has 0 atom stereocenters. The standard InChI is InChI=1S/C51H31N3S/c1-2-14-34(15-3-1)49-52-50(54-51(53-49)44-21-9-8-19-39(44)42-22-12-23-43-40-20-10-11-24-46(40)55-48(42)43)35-27-25-33(26-28-35)47-38-18-7-5-16-36(38)31-45-37-17-6-4-13-32(37)29-30-41(45)47/h1-31H. The second kappa shape index (κ2) is 12.8. The van der Waals surface area contributed by atoms with E-state index in [4.69, 9.17) is 15.0 Å². The molecule has 0 saturated carbocycles. The molecule has 11 rings (SSSR count). The van der Waals surface area contributed by atoms with E-state index < -0.39 is 0 Å². The van der Waals surface area contributed by atoms with Crippen LogP contribution in [0.1, 0.15) is 0 Å². The Hall–Kier alpha value is -7.01. The highest BCUT2D eigenvalue weighted by Gasteiger charge is 2.19. The minimum atomic E-state index is 0.638. The Morgan fingerprint density at radius 3 is 1.71 bits per heavy atom. The van der Waals surface area contributed by atoms with E-state index in [2.05, 4.69) is 170 Å². The fraction of sp³-hybridized carbons (Fsp3) is 0. The maximum absolute atomic E-state index is 5.23. The third-order valence-corrected chi connectivity index (χ3v) is 12.0. The second-order valence-corrected chi connectivity index (χ2v) is 15.0. The van der Waals surface area contributed by atoms with Gasteiger partial charge in [0.2, 0.25) is 0 Å². The van der Waals surface area contributed by atoms with Gasteiger partial charge < -0.3 is 0 Å². The first-order valence-electron chi connectivity index (χ1n) is 18.5. The zero-order chi connectivity index (χ0) is 36.3. The van der Waals surface area contributed by atoms with Crippen LogP contribution in [0.3, 0.4) is 0 Å². The van der Waals surface area contributed by atoms with Crippen molar-refractivity contribution in [1.82, 2.24) is 15.0 Å². The summed E-state index contributed by atoms with van der Waals surface area (Å²) in [6.07, 6.45) is 0. The van der Waals surface area contributed by atoms with Crippen LogP contribution < -0.4 is 0 Å². The van der Waals surface area contributed by atoms with Crippen LogP contribution >= 0.6 is 11.3 Å². The van der Waals surface area contributed by atoms with Gasteiger partial charge in [-0.15, -0.1) is 11.3 Å². The number of aromatic nitrogens is 3. The quantitative estimate of drug-likeness (QED) is 0.131. The predicted octanol–water partition coefficient (Wildman–Crippen LogP) is 14.0. The van der Waals surface area contributed by atoms with Crippen molar-refractivity contribution in [3.05, 3.63) is 188 Å². The van der Waals surface area contributed by atoms with Crippen molar-refractivity contribution in [3.8, 4) is 56.4 Å². The van der Waals surface area contributed by atoms with Gasteiger partial charge in [0, 0.05) is 42.4 Å². The monoisotopic (exact) mass is 717 g/mol. The van der Waals surface area contributed by atoms with Crippen LogP contribution in [0.4, 0.5) is 0 Å². The van der Waals surface area contributed by atoms with E-state index in [1.54, 1.807) is 0 Å². The summed E-state index contributed by atoms with van der Waals surface area (Å²) in [6, 6.07) is 66.9. The van der Waals surface area contributed by atoms with Gasteiger partial charge in [-0.05, 0) is 61.1 Å². The lowest BCUT2D eigenvalue weighted by atomic mass is 9.89. The molecule has 9 aromatic carbocycles. The molecule has 3 nitrogen and oxygen atoms in total. The van der Waals surface area contributed by atoms with Crippen molar-refractivity contribution in [2.75, 3.05) is 0 Å². The van der Waals surface area contributed by atoms with Crippen molar-refractivity contribution in [3.63, 3.8) is 0 Å². The molecule has 55 heavy (non-hydrogen) atoms. The highest BCUT2D eigenvalue weighted by Crippen LogP contribution is 2.43. The highest BCUT2D eigenvalue weighted by atomic mass is 32.1. The topological polar surface area (TPSA) is 38.7 Å². The molecule has 256 valence electrons. The van der Waals surface area contributed by atoms with Gasteiger partial charge in [0.05, 0.1) is 0 Å². The molecule has 11 aromatic rings. The summed E-state index contributed by atoms with van der Waals surface area (Å²) in [5.41, 5.74) is 7.51. The van der Waals surface area contributed by atoms with Crippen molar-refractivity contribution >= 4 is 63.8 Å². The van der Waals surface area contributed by atoms with E-state index in [0.717, 1.165) is 27.8 Å². The van der Waals surface area contributed by atoms with Gasteiger partial charge in [-0.3, -0.25) is 0 Å². The van der Waals surface area contributed by atoms with Crippen molar-refractivity contribution < 1.29 is 0 Å². The van der Waals surface area contributed by atoms with Gasteiger partial charge in [-0.1, -0.05) is 176 Å². The summed E-state index contributed by atoms with van der Waals surface area (Å²) in [6.45, 7) is 0. The zero-order valence-electron chi connectivity index (χ0n) is 29.6. The average Bonchev–Trinajstić information content (AvgIpc) is 3.65. The average molecular weight is 718 g/mol. The van der Waals surface area contributed by atoms with E-state index in [1.807, 2.05) is 29.5 Å². The normalized spacial score (nSPS) is 11.6. The summed E-state index contributed by atoms with van der Waals surface area (Å²) in [7, 11) is 0. The molecule has 0 spiro atoms. The molecular formula is C51H31N3S. The minimum Gasteiger partial charge on any atom is -0.208 e. The Labute approximate surface area is 321 Å². The first kappa shape index (κ1) is 31.5. The Bertz CT molecular complexity index is 3260. The SMILES string of the molecule is c1ccc(-c2nc(-c3ccc(-c4c5ccccc5cc5c4ccc4ccccc45)cc3)nc(-c3ccccc3-c3cccc4c3sc3ccccc34)n2)cc1. The Kier molecular flexibility index (Phi) is 7.35. The number of fused-ring (bicyclic) bond motifs is 7. The fourth-order valence-corrected chi connectivity index (χ4v) is 9.36. The number of benzene rings is 9. The predicted molar refractivity (Wildman–Crippen MR) is 232 cm³/mol. The minimum absolute atomic E-state index is 0.638. The van der Waals surface area contributed by atoms with Crippen LogP contribution in [0, 0.1) is 0 Å². The summed E-state index contributed by atoms with van der Waals surface area (Å²) < 4.78 is 2.54. The smallest absolute Gasteiger partial charge is 0.164 e. The summed E-state index contributed by atoms with van der Waals surface area (Å²) >= 11 is 1.83. The number of rotatable bonds is 5. The molecule has 4 heteroatoms. The Morgan fingerprint density at radius 2 is 0.891 bits per heavy atom. The molecule has 2 aromatic heterocycles. The maximum atomic E-state index is 5.23. The zero-order valence-corrected chi connectivity index (χ0v) is 30.5. The summed E-state index contributed by atoms with van der Waals surface area (Å²) in [4.78, 5) is 15.5. The summed E-state index contributed by atoms with van der Waals surface area (Å²) in [5, 5.41) is 10.0. The molecule has 0 N–H and O–H groups in total. The number of thiophene rings is 1. The molecule has 0 fully saturated rings. The molecule has 0 radical (unpaired) electrons. The molecule has 0 aliphatic heterocycles. The van der Waals surface area contributed by atoms with Crippen molar-refractivity contribution in [1.29, 1.82) is 0 Å². The van der Waals surface area contributed by atoms with E-state index in [-0.39, 0.29) is 0 Å². The maximum Gasteiger partial charge on any atom is 0.164 e. The first-order valence-corrected chi connectivity index (χ1v) is 19.3. The van der Waals surface area contributed by atoms with Gasteiger partial charge in [0.15, 0.2) is 17.5 Å². The first-order chi connectivity index (χ1) is 27.3. The third kappa shape index (κ3) is 5.30. The Morgan fingerprint density at radius 1 is 0.309 bits per heavy atom. The lowest BCUT2D eigenvalue weighted by Gasteiger charge is -2.15. The molecule has 0 bridgehead atoms. The van der Waals surface area contributed by atoms with E-state index in [1.165, 1.54) is 63.6 Å². The lowest BCUT2D eigenvalue weighted by molar-refractivity contribution is 1.07. The number of nitrogens with zero attached hydrogens (tertiary/aromatic N) is 3. The second-order valence-electron chi connectivity index (χ2n) is 13.9. The molecule has 0 aliphatic rings. The van der Waals surface area contributed by atoms with Crippen LogP contribution in [0.25, 0.3) is 109 Å². The molecule has 0 saturated heterocycles. The van der Waals surface area contributed by atoms with Crippen LogP contribution in [-0.2, 0) is 0 Å². The van der Waals surface area contributed by atoms with Crippen LogP contribution in [-0.4, -0.2) is 15.0 Å². The number of hydrogen-bond donors (Lipinski definition) is 0. The molecule has 2 heterocycles. The van der Waals surface area contributed by atoms with Gasteiger partial charge >= 0.3 is 0 Å². The van der Waals surface area contributed by atoms with Gasteiger partial charge in [-0.25, -0.2) is 15.0 Å². The van der Waals surface area contributed by atoms with Gasteiger partial charge in [0.25, 0.3) is 0 Å². The summed E-state index contributed by atoms with van der Waals surface area (Å²) in [5.74, 6) is 1.93. The number of hydrogen-bond acceptors (Lipinski definition) is 4. The van der Waals surface area contributed by atoms with E-state index in [0.29, 0.717) is 17.5 Å². The lowest BCUT2D eigenvalue weighted by Crippen LogP contribution is -2.01. The van der Waals surface area contributed by atoms with Crippen molar-refractivity contribution in [2.24, 2.45) is 0 Å². The fourth-order valence-electron chi connectivity index (χ4n) is 8.13. The van der Waals surface area contributed by atoms with Crippen LogP contribution in [0.2, 0.25) is 0 Å². The molecule has 0 amide bonds.